The molecule has 0 atom stereocenters. The first-order valence-electron chi connectivity index (χ1n) is 32.8. The SMILES string of the molecule is C.C.CC/C=C/CCCCCCCCCCC(=O)OCC[S-].CC/C=C/CCCCCCCCCCC(=O)OCC[S-].CC/C=C/CCCCCCCCCCC(=O)OCC[S-].CC/C=C/CCCCCCCCCCC(=O)OCC[S-].S.[Sn+2].[Sn+2]. The Hall–Kier alpha value is 0.187. The second-order valence-corrected chi connectivity index (χ2v) is 22.3. The number of ether oxygens (including phenoxy) is 4. The van der Waals surface area contributed by atoms with Crippen molar-refractivity contribution in [2.45, 2.75) is 325 Å². The maximum atomic E-state index is 11.2. The summed E-state index contributed by atoms with van der Waals surface area (Å²) in [7, 11) is 0. The normalized spacial score (nSPS) is 10.4. The van der Waals surface area contributed by atoms with E-state index in [4.69, 9.17) is 69.5 Å². The standard InChI is InChI=1S/4C17H32O2S.2CH4.H2S.2Sn/c4*1-2-3-4-5-6-7-8-9-10-11-12-13-14-17(18)19-15-16-20;;;;;/h4*3-4,20H,2,5-16H2,1H3;2*1H4;1H2;;/q;;;;;;;2*+2/p-4/b4*4-3+;;;;;. The number of hydrogen-bond acceptors (Lipinski definition) is 12. The van der Waals surface area contributed by atoms with Crippen LogP contribution in [-0.2, 0) is 88.6 Å². The summed E-state index contributed by atoms with van der Waals surface area (Å²) >= 11 is 18.9. The van der Waals surface area contributed by atoms with Gasteiger partial charge in [0.05, 0.1) is 26.4 Å². The zero-order valence-corrected chi connectivity index (χ0v) is 63.8. The van der Waals surface area contributed by atoms with Crippen LogP contribution in [0.25, 0.3) is 0 Å². The number of allylic oxidation sites excluding steroid dienone is 8. The number of esters is 4. The van der Waals surface area contributed by atoms with E-state index in [0.717, 1.165) is 77.0 Å². The second kappa shape index (κ2) is 100. The molecule has 0 bridgehead atoms. The van der Waals surface area contributed by atoms with Crippen LogP contribution >= 0.6 is 13.5 Å². The molecule has 8 nitrogen and oxygen atoms in total. The van der Waals surface area contributed by atoms with Gasteiger partial charge >= 0.3 is 71.7 Å². The molecule has 0 aromatic rings. The van der Waals surface area contributed by atoms with Gasteiger partial charge in [-0.05, 0) is 103 Å². The molecule has 0 rings (SSSR count). The summed E-state index contributed by atoms with van der Waals surface area (Å²) in [4.78, 5) is 44.8. The monoisotopic (exact) mass is 1500 g/mol. The maximum absolute atomic E-state index is 11.2. The Labute approximate surface area is 591 Å². The quantitative estimate of drug-likeness (QED) is 0.0145. The minimum atomic E-state index is -0.0880. The molecule has 0 unspecified atom stereocenters. The Morgan fingerprint density at radius 2 is 0.400 bits per heavy atom. The van der Waals surface area contributed by atoms with Crippen LogP contribution in [0.5, 0.6) is 0 Å². The molecule has 0 aliphatic rings. The van der Waals surface area contributed by atoms with E-state index in [2.05, 4.69) is 76.3 Å². The van der Waals surface area contributed by atoms with E-state index in [1.54, 1.807) is 0 Å². The van der Waals surface area contributed by atoms with Crippen molar-refractivity contribution in [2.75, 3.05) is 49.4 Å². The van der Waals surface area contributed by atoms with Gasteiger partial charge in [0, 0.05) is 25.7 Å². The molecule has 0 saturated carbocycles. The molecule has 0 aromatic heterocycles. The molecule has 0 aliphatic carbocycles. The summed E-state index contributed by atoms with van der Waals surface area (Å²) in [6.45, 7) is 10.3. The van der Waals surface area contributed by atoms with E-state index >= 15 is 0 Å². The van der Waals surface area contributed by atoms with Gasteiger partial charge in [-0.25, -0.2) is 0 Å². The average Bonchev–Trinajstić information content (AvgIpc) is 3.46. The third-order valence-electron chi connectivity index (χ3n) is 13.0. The van der Waals surface area contributed by atoms with E-state index in [-0.39, 0.29) is 100 Å². The van der Waals surface area contributed by atoms with Gasteiger partial charge in [-0.1, -0.05) is 245 Å². The Morgan fingerprint density at radius 1 is 0.259 bits per heavy atom. The number of carbonyl (C=O) groups excluding carboxylic acids is 4. The molecule has 15 heteroatoms. The summed E-state index contributed by atoms with van der Waals surface area (Å²) in [5.41, 5.74) is 0. The number of carbonyl (C=O) groups is 4. The predicted molar refractivity (Wildman–Crippen MR) is 391 cm³/mol. The van der Waals surface area contributed by atoms with E-state index in [1.165, 1.54) is 180 Å². The third-order valence-corrected chi connectivity index (χ3v) is 13.7. The molecule has 0 amide bonds. The Balaban J connectivity index is -0.000000127. The van der Waals surface area contributed by atoms with Crippen LogP contribution in [-0.4, -0.2) is 121 Å². The molecule has 0 aromatic carbocycles. The molecule has 4 radical (unpaired) electrons. The van der Waals surface area contributed by atoms with Gasteiger partial charge in [0.15, 0.2) is 0 Å². The van der Waals surface area contributed by atoms with Crippen molar-refractivity contribution in [3.05, 3.63) is 48.6 Å². The minimum Gasteiger partial charge on any atom is -0.789 e. The van der Waals surface area contributed by atoms with Gasteiger partial charge in [-0.2, -0.15) is 13.5 Å². The van der Waals surface area contributed by atoms with Crippen LogP contribution < -0.4 is 0 Å². The first kappa shape index (κ1) is 104. The molecular formula is C70H134O8S5Sn2. The fraction of sp³-hybridized carbons (Fsp3) is 0.829. The summed E-state index contributed by atoms with van der Waals surface area (Å²) in [5, 5.41) is 0. The Kier molecular flexibility index (Phi) is 123. The van der Waals surface area contributed by atoms with Crippen LogP contribution in [0.1, 0.15) is 325 Å². The van der Waals surface area contributed by atoms with Crippen LogP contribution in [0, 0.1) is 0 Å². The van der Waals surface area contributed by atoms with Crippen molar-refractivity contribution in [3.63, 3.8) is 0 Å². The first-order chi connectivity index (χ1) is 39.2. The molecule has 85 heavy (non-hydrogen) atoms. The van der Waals surface area contributed by atoms with Gasteiger partial charge < -0.3 is 69.5 Å². The van der Waals surface area contributed by atoms with Crippen LogP contribution in [0.15, 0.2) is 48.6 Å². The summed E-state index contributed by atoms with van der Waals surface area (Å²) in [6, 6.07) is 0. The van der Waals surface area contributed by atoms with Crippen molar-refractivity contribution in [1.29, 1.82) is 0 Å². The fourth-order valence-electron chi connectivity index (χ4n) is 8.42. The van der Waals surface area contributed by atoms with E-state index < -0.39 is 0 Å². The molecule has 0 saturated heterocycles. The van der Waals surface area contributed by atoms with Crippen LogP contribution in [0.4, 0.5) is 0 Å². The minimum absolute atomic E-state index is 0. The number of hydrogen-bond donors (Lipinski definition) is 0. The van der Waals surface area contributed by atoms with Gasteiger partial charge in [0.25, 0.3) is 0 Å². The molecule has 500 valence electrons. The van der Waals surface area contributed by atoms with Crippen molar-refractivity contribution < 1.29 is 38.1 Å². The van der Waals surface area contributed by atoms with Crippen LogP contribution in [0.2, 0.25) is 0 Å². The summed E-state index contributed by atoms with van der Waals surface area (Å²) in [6.07, 6.45) is 69.9. The molecule has 0 fully saturated rings. The Morgan fingerprint density at radius 3 is 0.541 bits per heavy atom. The van der Waals surface area contributed by atoms with Gasteiger partial charge in [0.1, 0.15) is 0 Å². The first-order valence-corrected chi connectivity index (χ1v) is 35.1. The average molecular weight is 1500 g/mol. The second-order valence-electron chi connectivity index (χ2n) is 20.7. The summed E-state index contributed by atoms with van der Waals surface area (Å²) in [5.74, 6) is 1.65. The molecule has 0 aliphatic heterocycles. The van der Waals surface area contributed by atoms with Gasteiger partial charge in [-0.3, -0.25) is 19.2 Å². The smallest absolute Gasteiger partial charge is 0.789 e. The Bertz CT molecular complexity index is 1170. The van der Waals surface area contributed by atoms with Crippen LogP contribution in [0.3, 0.4) is 0 Å². The van der Waals surface area contributed by atoms with Crippen molar-refractivity contribution >= 4 is 136 Å². The van der Waals surface area contributed by atoms with Gasteiger partial charge in [0.2, 0.25) is 0 Å². The van der Waals surface area contributed by atoms with Crippen molar-refractivity contribution in [3.8, 4) is 0 Å². The molecule has 0 spiro atoms. The fourth-order valence-corrected chi connectivity index (χ4v) is 8.75. The zero-order valence-electron chi connectivity index (χ0n) is 53.8. The molecule has 0 heterocycles. The van der Waals surface area contributed by atoms with Crippen molar-refractivity contribution in [2.24, 2.45) is 0 Å². The molecular weight excluding hydrogens is 1370 g/mol. The molecule has 0 N–H and O–H groups in total. The predicted octanol–water partition coefficient (Wildman–Crippen LogP) is 20.4. The zero-order chi connectivity index (χ0) is 59.6. The van der Waals surface area contributed by atoms with E-state index in [0.29, 0.717) is 75.1 Å². The number of unbranched alkanes of at least 4 members (excludes halogenated alkanes) is 32. The largest absolute Gasteiger partial charge is 2.00 e. The maximum Gasteiger partial charge on any atom is 2.00 e. The number of rotatable bonds is 56. The third kappa shape index (κ3) is 109. The van der Waals surface area contributed by atoms with Gasteiger partial charge in [-0.15, -0.1) is 23.0 Å². The summed E-state index contributed by atoms with van der Waals surface area (Å²) < 4.78 is 19.8. The van der Waals surface area contributed by atoms with E-state index in [9.17, 15) is 19.2 Å². The van der Waals surface area contributed by atoms with Crippen molar-refractivity contribution in [1.82, 2.24) is 0 Å². The van der Waals surface area contributed by atoms with E-state index in [1.807, 2.05) is 0 Å². The topological polar surface area (TPSA) is 105 Å².